The lowest BCUT2D eigenvalue weighted by atomic mass is 10.1. The van der Waals surface area contributed by atoms with E-state index in [2.05, 4.69) is 61.5 Å². The molecule has 0 heterocycles. The number of rotatable bonds is 14. The molecule has 0 saturated heterocycles. The Labute approximate surface area is 167 Å². The van der Waals surface area contributed by atoms with Gasteiger partial charge in [0.25, 0.3) is 0 Å². The molecule has 0 bridgehead atoms. The molecule has 1 atom stereocenters. The van der Waals surface area contributed by atoms with E-state index in [0.717, 1.165) is 51.4 Å². The summed E-state index contributed by atoms with van der Waals surface area (Å²) in [4.78, 5) is 10.4. The van der Waals surface area contributed by atoms with Crippen LogP contribution in [0.4, 0.5) is 0 Å². The van der Waals surface area contributed by atoms with E-state index < -0.39 is 14.0 Å². The van der Waals surface area contributed by atoms with Crippen LogP contribution in [0.15, 0.2) is 36.5 Å². The molecule has 3 nitrogen and oxygen atoms in total. The molecule has 0 aliphatic rings. The zero-order valence-corrected chi connectivity index (χ0v) is 18.4. The van der Waals surface area contributed by atoms with Gasteiger partial charge < -0.3 is 10.2 Å². The van der Waals surface area contributed by atoms with Crippen molar-refractivity contribution in [2.75, 3.05) is 0 Å². The van der Waals surface area contributed by atoms with Gasteiger partial charge in [0.1, 0.15) is 8.07 Å². The molecule has 0 aromatic heterocycles. The van der Waals surface area contributed by atoms with E-state index in [0.29, 0.717) is 6.42 Å². The zero-order chi connectivity index (χ0) is 20.4. The van der Waals surface area contributed by atoms with Crippen LogP contribution in [-0.4, -0.2) is 30.4 Å². The molecule has 0 spiro atoms. The third-order valence-electron chi connectivity index (χ3n) is 3.77. The second-order valence-corrected chi connectivity index (χ2v) is 12.6. The molecule has 27 heavy (non-hydrogen) atoms. The number of carboxylic acid groups (broad SMARTS) is 1. The monoisotopic (exact) mass is 390 g/mol. The second-order valence-electron chi connectivity index (χ2n) is 7.85. The van der Waals surface area contributed by atoms with E-state index in [4.69, 9.17) is 5.11 Å². The lowest BCUT2D eigenvalue weighted by Crippen LogP contribution is -2.16. The fourth-order valence-electron chi connectivity index (χ4n) is 2.34. The average molecular weight is 391 g/mol. The Kier molecular flexibility index (Phi) is 15.6. The molecule has 0 aliphatic heterocycles. The fraction of sp³-hybridized carbons (Fsp3) is 0.609. The van der Waals surface area contributed by atoms with Gasteiger partial charge in [-0.15, -0.1) is 11.5 Å². The smallest absolute Gasteiger partial charge is 0.303 e. The third kappa shape index (κ3) is 22.4. The minimum absolute atomic E-state index is 0.217. The summed E-state index contributed by atoms with van der Waals surface area (Å²) in [7, 11) is -1.25. The van der Waals surface area contributed by atoms with Crippen molar-refractivity contribution in [3.05, 3.63) is 36.5 Å². The maximum atomic E-state index is 10.4. The summed E-state index contributed by atoms with van der Waals surface area (Å²) in [6.07, 6.45) is 20.5. The highest BCUT2D eigenvalue weighted by Crippen LogP contribution is 2.08. The van der Waals surface area contributed by atoms with Crippen LogP contribution in [0.1, 0.15) is 64.2 Å². The third-order valence-corrected chi connectivity index (χ3v) is 4.70. The van der Waals surface area contributed by atoms with Crippen molar-refractivity contribution in [3.8, 4) is 11.5 Å². The lowest BCUT2D eigenvalue weighted by molar-refractivity contribution is -0.137. The van der Waals surface area contributed by atoms with Crippen molar-refractivity contribution >= 4 is 14.0 Å². The van der Waals surface area contributed by atoms with Crippen molar-refractivity contribution in [1.29, 1.82) is 0 Å². The highest BCUT2D eigenvalue weighted by atomic mass is 28.3. The Morgan fingerprint density at radius 3 is 2.11 bits per heavy atom. The van der Waals surface area contributed by atoms with Gasteiger partial charge in [0, 0.05) is 12.8 Å². The minimum atomic E-state index is -1.25. The number of aliphatic hydroxyl groups is 1. The number of carbonyl (C=O) groups is 1. The molecule has 0 radical (unpaired) electrons. The largest absolute Gasteiger partial charge is 0.481 e. The number of allylic oxidation sites excluding steroid dienone is 6. The number of carboxylic acids is 1. The molecule has 0 amide bonds. The van der Waals surface area contributed by atoms with E-state index in [1.807, 2.05) is 6.08 Å². The standard InChI is InChI=1S/C23H38O3Si/c1-27(2,3)21-17-13-15-19-22(24)18-14-11-9-7-5-4-6-8-10-12-16-20-23(25)26/h4-5,8-11,22,24H,6-7,12-16,18-20H2,1-3H3,(H,25,26). The van der Waals surface area contributed by atoms with Crippen molar-refractivity contribution in [2.24, 2.45) is 0 Å². The van der Waals surface area contributed by atoms with E-state index in [9.17, 15) is 9.90 Å². The van der Waals surface area contributed by atoms with Gasteiger partial charge in [-0.05, 0) is 51.4 Å². The maximum absolute atomic E-state index is 10.4. The first-order valence-electron chi connectivity index (χ1n) is 10.2. The predicted molar refractivity (Wildman–Crippen MR) is 118 cm³/mol. The number of aliphatic carboxylic acids is 1. The molecule has 0 aromatic carbocycles. The van der Waals surface area contributed by atoms with Crippen LogP contribution < -0.4 is 0 Å². The minimum Gasteiger partial charge on any atom is -0.481 e. The van der Waals surface area contributed by atoms with Crippen LogP contribution in [0.5, 0.6) is 0 Å². The summed E-state index contributed by atoms with van der Waals surface area (Å²) < 4.78 is 0. The van der Waals surface area contributed by atoms with E-state index >= 15 is 0 Å². The molecule has 2 N–H and O–H groups in total. The van der Waals surface area contributed by atoms with Gasteiger partial charge in [0.05, 0.1) is 6.10 Å². The van der Waals surface area contributed by atoms with Crippen LogP contribution >= 0.6 is 0 Å². The molecule has 4 heteroatoms. The van der Waals surface area contributed by atoms with Crippen molar-refractivity contribution < 1.29 is 15.0 Å². The fourth-order valence-corrected chi connectivity index (χ4v) is 2.99. The van der Waals surface area contributed by atoms with Gasteiger partial charge in [-0.2, -0.15) is 0 Å². The molecule has 1 unspecified atom stereocenters. The van der Waals surface area contributed by atoms with Crippen molar-refractivity contribution in [2.45, 2.75) is 90.0 Å². The van der Waals surface area contributed by atoms with Crippen LogP contribution in [-0.2, 0) is 4.79 Å². The summed E-state index contributed by atoms with van der Waals surface area (Å²) in [6, 6.07) is 0. The second kappa shape index (κ2) is 16.6. The van der Waals surface area contributed by atoms with Gasteiger partial charge in [-0.25, -0.2) is 0 Å². The van der Waals surface area contributed by atoms with Crippen LogP contribution in [0.3, 0.4) is 0 Å². The molecule has 0 aliphatic carbocycles. The van der Waals surface area contributed by atoms with Crippen LogP contribution in [0.2, 0.25) is 19.6 Å². The Morgan fingerprint density at radius 1 is 0.926 bits per heavy atom. The Balaban J connectivity index is 3.58. The molecule has 0 saturated carbocycles. The van der Waals surface area contributed by atoms with Crippen LogP contribution in [0.25, 0.3) is 0 Å². The number of aliphatic hydroxyl groups excluding tert-OH is 1. The number of hydrogen-bond donors (Lipinski definition) is 2. The first kappa shape index (κ1) is 25.4. The van der Waals surface area contributed by atoms with E-state index in [1.165, 1.54) is 0 Å². The summed E-state index contributed by atoms with van der Waals surface area (Å²) in [6.45, 7) is 6.74. The van der Waals surface area contributed by atoms with Gasteiger partial charge in [0.15, 0.2) is 0 Å². The predicted octanol–water partition coefficient (Wildman–Crippen LogP) is 5.88. The summed E-state index contributed by atoms with van der Waals surface area (Å²) in [5, 5.41) is 18.5. The lowest BCUT2D eigenvalue weighted by Gasteiger charge is -2.07. The first-order valence-corrected chi connectivity index (χ1v) is 13.7. The molecule has 152 valence electrons. The van der Waals surface area contributed by atoms with Gasteiger partial charge in [-0.3, -0.25) is 4.79 Å². The Hall–Kier alpha value is -1.57. The molecule has 0 fully saturated rings. The first-order chi connectivity index (χ1) is 12.8. The normalized spacial score (nSPS) is 13.3. The quantitative estimate of drug-likeness (QED) is 0.168. The van der Waals surface area contributed by atoms with Crippen LogP contribution in [0, 0.1) is 11.5 Å². The summed E-state index contributed by atoms with van der Waals surface area (Å²) in [5.41, 5.74) is 3.36. The molecular formula is C23H38O3Si. The SMILES string of the molecule is C[Si](C)(C)C#CCCCC(O)CCC=CCC=CCC=CCCCC(=O)O. The van der Waals surface area contributed by atoms with Gasteiger partial charge >= 0.3 is 5.97 Å². The van der Waals surface area contributed by atoms with Gasteiger partial charge in [-0.1, -0.05) is 56.1 Å². The number of unbranched alkanes of at least 4 members (excludes halogenated alkanes) is 2. The summed E-state index contributed by atoms with van der Waals surface area (Å²) >= 11 is 0. The molecule has 0 rings (SSSR count). The number of hydrogen-bond acceptors (Lipinski definition) is 2. The van der Waals surface area contributed by atoms with Crippen molar-refractivity contribution in [3.63, 3.8) is 0 Å². The Morgan fingerprint density at radius 2 is 1.52 bits per heavy atom. The maximum Gasteiger partial charge on any atom is 0.303 e. The highest BCUT2D eigenvalue weighted by Gasteiger charge is 2.07. The molecular weight excluding hydrogens is 352 g/mol. The molecule has 0 aromatic rings. The Bertz CT molecular complexity index is 530. The zero-order valence-electron chi connectivity index (χ0n) is 17.4. The summed E-state index contributed by atoms with van der Waals surface area (Å²) in [5.74, 6) is 2.52. The van der Waals surface area contributed by atoms with E-state index in [1.54, 1.807) is 0 Å². The topological polar surface area (TPSA) is 57.5 Å². The average Bonchev–Trinajstić information content (AvgIpc) is 2.57. The van der Waals surface area contributed by atoms with Crippen molar-refractivity contribution in [1.82, 2.24) is 0 Å². The highest BCUT2D eigenvalue weighted by molar-refractivity contribution is 6.83. The van der Waals surface area contributed by atoms with Gasteiger partial charge in [0.2, 0.25) is 0 Å². The van der Waals surface area contributed by atoms with E-state index in [-0.39, 0.29) is 12.5 Å².